The number of nitrogens with zero attached hydrogens (tertiary/aromatic N) is 3. The van der Waals surface area contributed by atoms with E-state index in [1.54, 1.807) is 11.3 Å². The Hall–Kier alpha value is -1.96. The minimum Gasteiger partial charge on any atom is -0.366 e. The van der Waals surface area contributed by atoms with Crippen molar-refractivity contribution in [2.45, 2.75) is 33.2 Å². The third kappa shape index (κ3) is 2.90. The van der Waals surface area contributed by atoms with Crippen molar-refractivity contribution in [1.82, 2.24) is 25.5 Å². The molecule has 4 N–H and O–H groups in total. The van der Waals surface area contributed by atoms with E-state index in [-0.39, 0.29) is 23.7 Å². The van der Waals surface area contributed by atoms with Gasteiger partial charge in [0.05, 0.1) is 11.7 Å². The summed E-state index contributed by atoms with van der Waals surface area (Å²) in [5.41, 5.74) is 6.37. The Morgan fingerprint density at radius 2 is 2.21 bits per heavy atom. The number of aromatic amines is 1. The van der Waals surface area contributed by atoms with Crippen molar-refractivity contribution >= 4 is 23.2 Å². The molecule has 0 aliphatic heterocycles. The van der Waals surface area contributed by atoms with E-state index in [0.29, 0.717) is 0 Å². The van der Waals surface area contributed by atoms with Crippen LogP contribution in [0.5, 0.6) is 0 Å². The predicted molar refractivity (Wildman–Crippen MR) is 72.9 cm³/mol. The van der Waals surface area contributed by atoms with E-state index < -0.39 is 0 Å². The largest absolute Gasteiger partial charge is 0.366 e. The fourth-order valence-corrected chi connectivity index (χ4v) is 2.65. The van der Waals surface area contributed by atoms with Crippen LogP contribution >= 0.6 is 11.3 Å². The molecule has 2 rings (SSSR count). The van der Waals surface area contributed by atoms with Crippen LogP contribution in [0.2, 0.25) is 0 Å². The molecule has 8 heteroatoms. The summed E-state index contributed by atoms with van der Waals surface area (Å²) in [5, 5.41) is 9.89. The minimum absolute atomic E-state index is 0.0548. The molecule has 0 aliphatic carbocycles. The average molecular weight is 280 g/mol. The molecular weight excluding hydrogens is 264 g/mol. The molecule has 1 atom stereocenters. The maximum Gasteiger partial charge on any atom is 0.289 e. The summed E-state index contributed by atoms with van der Waals surface area (Å²) >= 11 is 1.59. The summed E-state index contributed by atoms with van der Waals surface area (Å²) in [6, 6.07) is -0.128. The van der Waals surface area contributed by atoms with E-state index in [0.717, 1.165) is 22.0 Å². The summed E-state index contributed by atoms with van der Waals surface area (Å²) in [6.07, 6.45) is 0.752. The zero-order valence-corrected chi connectivity index (χ0v) is 11.8. The number of nitrogens with two attached hydrogens (primary N) is 1. The van der Waals surface area contributed by atoms with Crippen LogP contribution in [-0.4, -0.2) is 26.1 Å². The van der Waals surface area contributed by atoms with Gasteiger partial charge in [-0.15, -0.1) is 16.4 Å². The molecule has 19 heavy (non-hydrogen) atoms. The Morgan fingerprint density at radius 1 is 1.47 bits per heavy atom. The zero-order valence-electron chi connectivity index (χ0n) is 11.0. The molecule has 0 saturated carbocycles. The highest BCUT2D eigenvalue weighted by atomic mass is 32.1. The van der Waals surface area contributed by atoms with Gasteiger partial charge in [-0.3, -0.25) is 9.89 Å². The second kappa shape index (κ2) is 5.35. The number of anilines is 1. The maximum atomic E-state index is 12.0. The minimum atomic E-state index is -0.332. The number of aryl methyl sites for hydroxylation is 2. The van der Waals surface area contributed by atoms with Crippen molar-refractivity contribution < 1.29 is 4.79 Å². The molecule has 0 fully saturated rings. The number of thiazole rings is 1. The van der Waals surface area contributed by atoms with Crippen LogP contribution in [-0.2, 0) is 0 Å². The van der Waals surface area contributed by atoms with Gasteiger partial charge in [-0.2, -0.15) is 4.98 Å². The molecule has 0 radical (unpaired) electrons. The molecule has 7 nitrogen and oxygen atoms in total. The van der Waals surface area contributed by atoms with E-state index in [1.165, 1.54) is 0 Å². The fraction of sp³-hybridized carbons (Fsp3) is 0.455. The summed E-state index contributed by atoms with van der Waals surface area (Å²) in [5.74, 6) is -0.165. The quantitative estimate of drug-likeness (QED) is 0.783. The number of amides is 1. The van der Waals surface area contributed by atoms with Crippen LogP contribution in [0.25, 0.3) is 0 Å². The van der Waals surface area contributed by atoms with Gasteiger partial charge in [0.1, 0.15) is 5.01 Å². The summed E-state index contributed by atoms with van der Waals surface area (Å²) in [6.45, 7) is 5.97. The average Bonchev–Trinajstić information content (AvgIpc) is 2.93. The number of carbonyl (C=O) groups is 1. The second-order valence-corrected chi connectivity index (χ2v) is 5.40. The van der Waals surface area contributed by atoms with E-state index in [1.807, 2.05) is 20.8 Å². The van der Waals surface area contributed by atoms with Crippen LogP contribution in [0, 0.1) is 13.8 Å². The smallest absolute Gasteiger partial charge is 0.289 e. The van der Waals surface area contributed by atoms with Crippen LogP contribution in [0.1, 0.15) is 45.6 Å². The number of hydrogen-bond donors (Lipinski definition) is 3. The number of hydrogen-bond acceptors (Lipinski definition) is 6. The third-order valence-corrected chi connectivity index (χ3v) is 3.96. The van der Waals surface area contributed by atoms with E-state index in [4.69, 9.17) is 5.73 Å². The molecule has 0 spiro atoms. The standard InChI is InChI=1S/C11H16N6OS/c1-4-7(10-13-5(2)6(3)19-10)14-9(18)8-15-11(12)17-16-8/h7H,4H2,1-3H3,(H,14,18)(H3,12,15,16,17)/t7-/m0/s1. The van der Waals surface area contributed by atoms with Gasteiger partial charge in [0.15, 0.2) is 0 Å². The first-order valence-corrected chi connectivity index (χ1v) is 6.75. The molecule has 2 aromatic heterocycles. The normalized spacial score (nSPS) is 12.4. The Morgan fingerprint density at radius 3 is 2.68 bits per heavy atom. The molecule has 0 bridgehead atoms. The highest BCUT2D eigenvalue weighted by Gasteiger charge is 2.19. The highest BCUT2D eigenvalue weighted by molar-refractivity contribution is 7.11. The van der Waals surface area contributed by atoms with Gasteiger partial charge in [-0.1, -0.05) is 6.92 Å². The Bertz CT molecular complexity index is 570. The van der Waals surface area contributed by atoms with Crippen molar-refractivity contribution in [3.8, 4) is 0 Å². The van der Waals surface area contributed by atoms with Crippen LogP contribution < -0.4 is 11.1 Å². The molecule has 2 heterocycles. The first kappa shape index (κ1) is 13.5. The van der Waals surface area contributed by atoms with Gasteiger partial charge in [0.25, 0.3) is 5.91 Å². The van der Waals surface area contributed by atoms with Crippen molar-refractivity contribution in [3.05, 3.63) is 21.4 Å². The monoisotopic (exact) mass is 280 g/mol. The van der Waals surface area contributed by atoms with Gasteiger partial charge >= 0.3 is 0 Å². The number of carbonyl (C=O) groups excluding carboxylic acids is 1. The Labute approximate surface area is 114 Å². The predicted octanol–water partition coefficient (Wildman–Crippen LogP) is 1.34. The maximum absolute atomic E-state index is 12.0. The van der Waals surface area contributed by atoms with Gasteiger partial charge in [0, 0.05) is 4.88 Å². The molecule has 0 aliphatic rings. The molecule has 2 aromatic rings. The fourth-order valence-electron chi connectivity index (χ4n) is 1.59. The van der Waals surface area contributed by atoms with Gasteiger partial charge in [0.2, 0.25) is 11.8 Å². The lowest BCUT2D eigenvalue weighted by Gasteiger charge is -2.12. The van der Waals surface area contributed by atoms with Crippen LogP contribution in [0.15, 0.2) is 0 Å². The topological polar surface area (TPSA) is 110 Å². The van der Waals surface area contributed by atoms with Gasteiger partial charge < -0.3 is 11.1 Å². The first-order chi connectivity index (χ1) is 9.01. The van der Waals surface area contributed by atoms with Gasteiger partial charge in [-0.05, 0) is 20.3 Å². The molecular formula is C11H16N6OS. The SMILES string of the molecule is CC[C@H](NC(=O)c1nc(N)n[nH]1)c1nc(C)c(C)s1. The molecule has 0 unspecified atom stereocenters. The summed E-state index contributed by atoms with van der Waals surface area (Å²) in [7, 11) is 0. The first-order valence-electron chi connectivity index (χ1n) is 5.94. The molecule has 1 amide bonds. The van der Waals surface area contributed by atoms with Gasteiger partial charge in [-0.25, -0.2) is 4.98 Å². The lowest BCUT2D eigenvalue weighted by Crippen LogP contribution is -2.29. The molecule has 102 valence electrons. The zero-order chi connectivity index (χ0) is 14.0. The van der Waals surface area contributed by atoms with Crippen LogP contribution in [0.3, 0.4) is 0 Å². The number of H-pyrrole nitrogens is 1. The van der Waals surface area contributed by atoms with E-state index in [2.05, 4.69) is 25.5 Å². The van der Waals surface area contributed by atoms with E-state index in [9.17, 15) is 4.79 Å². The number of nitrogen functional groups attached to an aromatic ring is 1. The van der Waals surface area contributed by atoms with Crippen molar-refractivity contribution in [2.75, 3.05) is 5.73 Å². The molecule has 0 aromatic carbocycles. The summed E-state index contributed by atoms with van der Waals surface area (Å²) in [4.78, 5) is 21.4. The van der Waals surface area contributed by atoms with Crippen molar-refractivity contribution in [2.24, 2.45) is 0 Å². The second-order valence-electron chi connectivity index (χ2n) is 4.17. The van der Waals surface area contributed by atoms with Crippen LogP contribution in [0.4, 0.5) is 5.95 Å². The highest BCUT2D eigenvalue weighted by Crippen LogP contribution is 2.24. The van der Waals surface area contributed by atoms with Crippen molar-refractivity contribution in [1.29, 1.82) is 0 Å². The number of aromatic nitrogens is 4. The Balaban J connectivity index is 2.13. The summed E-state index contributed by atoms with van der Waals surface area (Å²) < 4.78 is 0. The lowest BCUT2D eigenvalue weighted by atomic mass is 10.2. The lowest BCUT2D eigenvalue weighted by molar-refractivity contribution is 0.0925. The number of nitrogens with one attached hydrogen (secondary N) is 2. The third-order valence-electron chi connectivity index (χ3n) is 2.77. The van der Waals surface area contributed by atoms with E-state index >= 15 is 0 Å². The molecule has 0 saturated heterocycles. The number of rotatable bonds is 4. The Kier molecular flexibility index (Phi) is 3.79. The van der Waals surface area contributed by atoms with Crippen molar-refractivity contribution in [3.63, 3.8) is 0 Å².